The van der Waals surface area contributed by atoms with Crippen molar-refractivity contribution in [1.82, 2.24) is 0 Å². The van der Waals surface area contributed by atoms with Crippen LogP contribution in [-0.4, -0.2) is 33.9 Å². The van der Waals surface area contributed by atoms with E-state index in [9.17, 15) is 8.42 Å². The second kappa shape index (κ2) is 4.93. The lowest BCUT2D eigenvalue weighted by atomic mass is 10.3. The van der Waals surface area contributed by atoms with Crippen LogP contribution in [0.3, 0.4) is 0 Å². The van der Waals surface area contributed by atoms with Crippen LogP contribution in [0.25, 0.3) is 0 Å². The fourth-order valence-corrected chi connectivity index (χ4v) is 3.44. The molecule has 0 atom stereocenters. The fourth-order valence-electron chi connectivity index (χ4n) is 1.86. The molecule has 1 aliphatic heterocycles. The molecule has 0 amide bonds. The summed E-state index contributed by atoms with van der Waals surface area (Å²) in [6.45, 7) is 1.30. The molecule has 0 aliphatic carbocycles. The highest BCUT2D eigenvalue weighted by Gasteiger charge is 2.30. The molecule has 94 valence electrons. The van der Waals surface area contributed by atoms with Gasteiger partial charge in [-0.2, -0.15) is 0 Å². The summed E-state index contributed by atoms with van der Waals surface area (Å²) in [5.74, 6) is 0.779. The highest BCUT2D eigenvalue weighted by molar-refractivity contribution is 7.93. The Morgan fingerprint density at radius 3 is 2.76 bits per heavy atom. The molecule has 1 heterocycles. The third-order valence-corrected chi connectivity index (χ3v) is 4.46. The van der Waals surface area contributed by atoms with Gasteiger partial charge in [0.1, 0.15) is 12.4 Å². The molecule has 1 fully saturated rings. The third kappa shape index (κ3) is 2.53. The normalized spacial score (nSPS) is 18.3. The summed E-state index contributed by atoms with van der Waals surface area (Å²) in [6, 6.07) is 7.14. The van der Waals surface area contributed by atoms with Crippen LogP contribution in [0.2, 0.25) is 0 Å². The first-order valence-corrected chi connectivity index (χ1v) is 7.18. The summed E-state index contributed by atoms with van der Waals surface area (Å²) < 4.78 is 30.5. The van der Waals surface area contributed by atoms with Crippen molar-refractivity contribution in [2.45, 2.75) is 6.42 Å². The molecule has 6 heteroatoms. The molecular formula is C11H16N2O3S. The second-order valence-electron chi connectivity index (χ2n) is 3.85. The molecule has 17 heavy (non-hydrogen) atoms. The van der Waals surface area contributed by atoms with Crippen molar-refractivity contribution in [3.8, 4) is 5.75 Å². The average molecular weight is 256 g/mol. The van der Waals surface area contributed by atoms with Gasteiger partial charge in [0.05, 0.1) is 11.4 Å². The Morgan fingerprint density at radius 1 is 1.35 bits per heavy atom. The number of para-hydroxylation sites is 2. The first kappa shape index (κ1) is 12.2. The predicted molar refractivity (Wildman–Crippen MR) is 66.7 cm³/mol. The Bertz CT molecular complexity index is 487. The van der Waals surface area contributed by atoms with Crippen LogP contribution in [0.1, 0.15) is 6.42 Å². The molecule has 2 N–H and O–H groups in total. The van der Waals surface area contributed by atoms with Gasteiger partial charge in [-0.1, -0.05) is 12.1 Å². The minimum Gasteiger partial charge on any atom is -0.490 e. The molecule has 1 aliphatic rings. The van der Waals surface area contributed by atoms with Crippen molar-refractivity contribution in [3.63, 3.8) is 0 Å². The van der Waals surface area contributed by atoms with Gasteiger partial charge in [-0.25, -0.2) is 8.42 Å². The Labute approximate surface area is 101 Å². The van der Waals surface area contributed by atoms with E-state index in [-0.39, 0.29) is 5.75 Å². The van der Waals surface area contributed by atoms with Crippen molar-refractivity contribution >= 4 is 15.7 Å². The molecule has 0 spiro atoms. The first-order chi connectivity index (χ1) is 8.15. The topological polar surface area (TPSA) is 72.6 Å². The van der Waals surface area contributed by atoms with E-state index in [1.807, 2.05) is 6.07 Å². The van der Waals surface area contributed by atoms with Gasteiger partial charge in [-0.3, -0.25) is 4.31 Å². The van der Waals surface area contributed by atoms with Crippen LogP contribution in [0.15, 0.2) is 24.3 Å². The van der Waals surface area contributed by atoms with E-state index in [1.165, 1.54) is 4.31 Å². The fraction of sp³-hybridized carbons (Fsp3) is 0.455. The minimum atomic E-state index is -3.17. The van der Waals surface area contributed by atoms with Gasteiger partial charge in [0.15, 0.2) is 0 Å². The maximum absolute atomic E-state index is 11.8. The highest BCUT2D eigenvalue weighted by Crippen LogP contribution is 2.32. The number of nitrogens with zero attached hydrogens (tertiary/aromatic N) is 1. The number of anilines is 1. The second-order valence-corrected chi connectivity index (χ2v) is 5.86. The van der Waals surface area contributed by atoms with Gasteiger partial charge in [0.25, 0.3) is 0 Å². The molecule has 0 bridgehead atoms. The molecule has 1 saturated heterocycles. The van der Waals surface area contributed by atoms with Crippen LogP contribution in [0, 0.1) is 0 Å². The van der Waals surface area contributed by atoms with Crippen molar-refractivity contribution in [1.29, 1.82) is 0 Å². The van der Waals surface area contributed by atoms with Gasteiger partial charge in [-0.05, 0) is 18.6 Å². The largest absolute Gasteiger partial charge is 0.490 e. The highest BCUT2D eigenvalue weighted by atomic mass is 32.2. The molecule has 2 rings (SSSR count). The van der Waals surface area contributed by atoms with Crippen LogP contribution in [0.5, 0.6) is 5.75 Å². The zero-order valence-electron chi connectivity index (χ0n) is 9.50. The monoisotopic (exact) mass is 256 g/mol. The maximum atomic E-state index is 11.8. The molecule has 0 saturated carbocycles. The number of hydrogen-bond acceptors (Lipinski definition) is 4. The van der Waals surface area contributed by atoms with E-state index in [0.29, 0.717) is 37.6 Å². The van der Waals surface area contributed by atoms with Gasteiger partial charge >= 0.3 is 0 Å². The molecule has 0 radical (unpaired) electrons. The van der Waals surface area contributed by atoms with E-state index in [2.05, 4.69) is 0 Å². The molecule has 5 nitrogen and oxygen atoms in total. The number of rotatable bonds is 4. The Morgan fingerprint density at radius 2 is 2.12 bits per heavy atom. The third-order valence-electron chi connectivity index (χ3n) is 2.61. The van der Waals surface area contributed by atoms with Gasteiger partial charge in [0, 0.05) is 13.1 Å². The number of hydrogen-bond donors (Lipinski definition) is 1. The molecule has 1 aromatic rings. The molecule has 1 aromatic carbocycles. The van der Waals surface area contributed by atoms with Gasteiger partial charge < -0.3 is 10.5 Å². The zero-order valence-corrected chi connectivity index (χ0v) is 10.3. The van der Waals surface area contributed by atoms with Crippen molar-refractivity contribution < 1.29 is 13.2 Å². The average Bonchev–Trinajstić information content (AvgIpc) is 2.66. The van der Waals surface area contributed by atoms with Crippen molar-refractivity contribution in [3.05, 3.63) is 24.3 Å². The smallest absolute Gasteiger partial charge is 0.235 e. The Balaban J connectivity index is 2.31. The predicted octanol–water partition coefficient (Wildman–Crippen LogP) is 0.564. The summed E-state index contributed by atoms with van der Waals surface area (Å²) in [5, 5.41) is 0. The van der Waals surface area contributed by atoms with E-state index < -0.39 is 10.0 Å². The SMILES string of the molecule is NCCOc1ccccc1N1CCCS1(=O)=O. The summed E-state index contributed by atoms with van der Waals surface area (Å²) in [4.78, 5) is 0. The number of benzene rings is 1. The standard InChI is InChI=1S/C11H16N2O3S/c12-6-8-16-11-5-2-1-4-10(11)13-7-3-9-17(13,14)15/h1-2,4-5H,3,6-9,12H2. The zero-order chi connectivity index (χ0) is 12.3. The molecule has 0 unspecified atom stereocenters. The number of nitrogens with two attached hydrogens (primary N) is 1. The van der Waals surface area contributed by atoms with Crippen LogP contribution in [0.4, 0.5) is 5.69 Å². The van der Waals surface area contributed by atoms with Gasteiger partial charge in [-0.15, -0.1) is 0 Å². The van der Waals surface area contributed by atoms with Crippen LogP contribution < -0.4 is 14.8 Å². The van der Waals surface area contributed by atoms with E-state index in [1.54, 1.807) is 18.2 Å². The summed E-state index contributed by atoms with van der Waals surface area (Å²) in [6.07, 6.45) is 0.660. The number of ether oxygens (including phenoxy) is 1. The summed E-state index contributed by atoms with van der Waals surface area (Å²) >= 11 is 0. The van der Waals surface area contributed by atoms with Crippen LogP contribution in [-0.2, 0) is 10.0 Å². The minimum absolute atomic E-state index is 0.207. The van der Waals surface area contributed by atoms with E-state index in [0.717, 1.165) is 0 Å². The number of sulfonamides is 1. The molecule has 0 aromatic heterocycles. The lowest BCUT2D eigenvalue weighted by molar-refractivity contribution is 0.329. The van der Waals surface area contributed by atoms with E-state index in [4.69, 9.17) is 10.5 Å². The first-order valence-electron chi connectivity index (χ1n) is 5.57. The van der Waals surface area contributed by atoms with Gasteiger partial charge in [0.2, 0.25) is 10.0 Å². The van der Waals surface area contributed by atoms with Crippen molar-refractivity contribution in [2.75, 3.05) is 29.8 Å². The summed E-state index contributed by atoms with van der Waals surface area (Å²) in [5.41, 5.74) is 5.99. The Hall–Kier alpha value is -1.27. The maximum Gasteiger partial charge on any atom is 0.235 e. The van der Waals surface area contributed by atoms with Crippen molar-refractivity contribution in [2.24, 2.45) is 5.73 Å². The quantitative estimate of drug-likeness (QED) is 0.854. The lowest BCUT2D eigenvalue weighted by Crippen LogP contribution is -2.26. The van der Waals surface area contributed by atoms with Crippen LogP contribution >= 0.6 is 0 Å². The Kier molecular flexibility index (Phi) is 3.54. The summed E-state index contributed by atoms with van der Waals surface area (Å²) in [7, 11) is -3.17. The lowest BCUT2D eigenvalue weighted by Gasteiger charge is -2.20. The molecular weight excluding hydrogens is 240 g/mol. The van der Waals surface area contributed by atoms with E-state index >= 15 is 0 Å².